The van der Waals surface area contributed by atoms with Gasteiger partial charge in [-0.1, -0.05) is 60.2 Å². The fourth-order valence-electron chi connectivity index (χ4n) is 4.32. The maximum absolute atomic E-state index is 14.3. The Morgan fingerprint density at radius 2 is 1.78 bits per heavy atom. The predicted octanol–water partition coefficient (Wildman–Crippen LogP) is 4.42. The van der Waals surface area contributed by atoms with Crippen LogP contribution in [0.2, 0.25) is 0 Å². The van der Waals surface area contributed by atoms with E-state index in [1.165, 1.54) is 23.0 Å². The molecule has 3 heterocycles. The van der Waals surface area contributed by atoms with Crippen LogP contribution in [0, 0.1) is 12.7 Å². The SMILES string of the molecule is CCc1nc2sc(C(c3ccc(C)cc3)N3CCN(c4ccccc4F)CC3)c(O)n2n1. The summed E-state index contributed by atoms with van der Waals surface area (Å²) in [7, 11) is 0. The highest BCUT2D eigenvalue weighted by atomic mass is 32.1. The fraction of sp³-hybridized carbons (Fsp3) is 0.333. The second kappa shape index (κ2) is 8.52. The fourth-order valence-corrected chi connectivity index (χ4v) is 5.46. The zero-order chi connectivity index (χ0) is 22.2. The molecule has 0 aliphatic carbocycles. The predicted molar refractivity (Wildman–Crippen MR) is 125 cm³/mol. The van der Waals surface area contributed by atoms with Crippen molar-refractivity contribution >= 4 is 22.0 Å². The summed E-state index contributed by atoms with van der Waals surface area (Å²) in [4.78, 5) is 10.5. The molecule has 1 aliphatic rings. The first-order valence-electron chi connectivity index (χ1n) is 10.9. The van der Waals surface area contributed by atoms with Gasteiger partial charge in [0, 0.05) is 32.6 Å². The van der Waals surface area contributed by atoms with Gasteiger partial charge in [0.2, 0.25) is 10.8 Å². The lowest BCUT2D eigenvalue weighted by Gasteiger charge is -2.40. The number of fused-ring (bicyclic) bond motifs is 1. The van der Waals surface area contributed by atoms with Gasteiger partial charge in [0.25, 0.3) is 0 Å². The van der Waals surface area contributed by atoms with Crippen LogP contribution in [0.4, 0.5) is 10.1 Å². The second-order valence-electron chi connectivity index (χ2n) is 8.15. The molecule has 4 aromatic rings. The van der Waals surface area contributed by atoms with Crippen LogP contribution in [0.15, 0.2) is 48.5 Å². The summed E-state index contributed by atoms with van der Waals surface area (Å²) in [6.45, 7) is 7.00. The van der Waals surface area contributed by atoms with Crippen molar-refractivity contribution in [2.75, 3.05) is 31.1 Å². The largest absolute Gasteiger partial charge is 0.492 e. The molecule has 1 atom stereocenters. The van der Waals surface area contributed by atoms with Gasteiger partial charge in [-0.05, 0) is 24.6 Å². The number of hydrogen-bond donors (Lipinski definition) is 1. The molecule has 5 rings (SSSR count). The van der Waals surface area contributed by atoms with Crippen molar-refractivity contribution in [3.8, 4) is 5.88 Å². The lowest BCUT2D eigenvalue weighted by atomic mass is 10.0. The third-order valence-electron chi connectivity index (χ3n) is 6.07. The van der Waals surface area contributed by atoms with E-state index in [-0.39, 0.29) is 17.7 Å². The van der Waals surface area contributed by atoms with E-state index in [0.717, 1.165) is 35.8 Å². The summed E-state index contributed by atoms with van der Waals surface area (Å²) in [5.74, 6) is 0.689. The molecule has 1 fully saturated rings. The zero-order valence-corrected chi connectivity index (χ0v) is 19.0. The number of anilines is 1. The van der Waals surface area contributed by atoms with Gasteiger partial charge in [0.05, 0.1) is 16.6 Å². The van der Waals surface area contributed by atoms with Crippen molar-refractivity contribution in [3.05, 3.63) is 76.2 Å². The lowest BCUT2D eigenvalue weighted by molar-refractivity contribution is 0.210. The molecule has 0 radical (unpaired) electrons. The van der Waals surface area contributed by atoms with E-state index in [4.69, 9.17) is 0 Å². The van der Waals surface area contributed by atoms with Crippen molar-refractivity contribution in [3.63, 3.8) is 0 Å². The number of halogens is 1. The van der Waals surface area contributed by atoms with Crippen LogP contribution in [0.5, 0.6) is 5.88 Å². The molecule has 1 aliphatic heterocycles. The average Bonchev–Trinajstić information content (AvgIpc) is 3.35. The molecule has 0 spiro atoms. The topological polar surface area (TPSA) is 56.9 Å². The van der Waals surface area contributed by atoms with Crippen molar-refractivity contribution in [1.82, 2.24) is 19.5 Å². The van der Waals surface area contributed by atoms with E-state index in [1.54, 1.807) is 10.6 Å². The third kappa shape index (κ3) is 3.73. The van der Waals surface area contributed by atoms with Crippen molar-refractivity contribution in [2.24, 2.45) is 0 Å². The minimum absolute atomic E-state index is 0.114. The zero-order valence-electron chi connectivity index (χ0n) is 18.2. The van der Waals surface area contributed by atoms with Crippen LogP contribution >= 0.6 is 11.3 Å². The van der Waals surface area contributed by atoms with Crippen molar-refractivity contribution in [2.45, 2.75) is 26.3 Å². The van der Waals surface area contributed by atoms with Gasteiger partial charge in [-0.15, -0.1) is 5.10 Å². The summed E-state index contributed by atoms with van der Waals surface area (Å²) in [6.07, 6.45) is 0.725. The highest BCUT2D eigenvalue weighted by molar-refractivity contribution is 7.17. The van der Waals surface area contributed by atoms with Gasteiger partial charge >= 0.3 is 0 Å². The summed E-state index contributed by atoms with van der Waals surface area (Å²) in [5.41, 5.74) is 2.95. The molecule has 0 saturated carbocycles. The minimum atomic E-state index is -0.189. The van der Waals surface area contributed by atoms with E-state index in [9.17, 15) is 9.50 Å². The van der Waals surface area contributed by atoms with Crippen LogP contribution in [-0.2, 0) is 6.42 Å². The summed E-state index contributed by atoms with van der Waals surface area (Å²) in [6, 6.07) is 15.3. The first-order valence-corrected chi connectivity index (χ1v) is 11.7. The molecule has 32 heavy (non-hydrogen) atoms. The molecule has 1 saturated heterocycles. The molecule has 0 amide bonds. The maximum atomic E-state index is 14.3. The molecule has 6 nitrogen and oxygen atoms in total. The molecule has 166 valence electrons. The standard InChI is InChI=1S/C24H26FN5OS/c1-3-20-26-24-30(27-20)23(31)22(32-24)21(17-10-8-16(2)9-11-17)29-14-12-28(13-15-29)19-7-5-4-6-18(19)25/h4-11,21,31H,3,12-15H2,1-2H3. The smallest absolute Gasteiger partial charge is 0.230 e. The summed E-state index contributed by atoms with van der Waals surface area (Å²) < 4.78 is 15.8. The van der Waals surface area contributed by atoms with Crippen LogP contribution in [0.1, 0.15) is 34.8 Å². The number of aromatic nitrogens is 3. The van der Waals surface area contributed by atoms with Crippen LogP contribution in [0.3, 0.4) is 0 Å². The van der Waals surface area contributed by atoms with Crippen molar-refractivity contribution < 1.29 is 9.50 Å². The number of rotatable bonds is 5. The summed E-state index contributed by atoms with van der Waals surface area (Å²) in [5, 5.41) is 15.5. The molecule has 1 unspecified atom stereocenters. The third-order valence-corrected chi connectivity index (χ3v) is 7.15. The Morgan fingerprint density at radius 3 is 2.44 bits per heavy atom. The van der Waals surface area contributed by atoms with Crippen LogP contribution < -0.4 is 4.90 Å². The Bertz CT molecular complexity index is 1230. The maximum Gasteiger partial charge on any atom is 0.230 e. The van der Waals surface area contributed by atoms with Gasteiger partial charge < -0.3 is 10.0 Å². The summed E-state index contributed by atoms with van der Waals surface area (Å²) >= 11 is 1.48. The number of para-hydroxylation sites is 1. The van der Waals surface area contributed by atoms with E-state index in [1.807, 2.05) is 19.1 Å². The van der Waals surface area contributed by atoms with E-state index < -0.39 is 0 Å². The van der Waals surface area contributed by atoms with Crippen molar-refractivity contribution in [1.29, 1.82) is 0 Å². The number of hydrogen-bond acceptors (Lipinski definition) is 6. The number of thiazole rings is 1. The number of aryl methyl sites for hydroxylation is 2. The Hall–Kier alpha value is -2.97. The molecular formula is C24H26FN5OS. The highest BCUT2D eigenvalue weighted by Crippen LogP contribution is 2.40. The first-order chi connectivity index (χ1) is 15.5. The molecule has 1 N–H and O–H groups in total. The number of nitrogens with zero attached hydrogens (tertiary/aromatic N) is 5. The van der Waals surface area contributed by atoms with Gasteiger partial charge in [0.1, 0.15) is 5.82 Å². The van der Waals surface area contributed by atoms with Crippen LogP contribution in [0.25, 0.3) is 4.96 Å². The van der Waals surface area contributed by atoms with E-state index in [2.05, 4.69) is 51.1 Å². The molecule has 8 heteroatoms. The minimum Gasteiger partial charge on any atom is -0.492 e. The average molecular weight is 452 g/mol. The molecular weight excluding hydrogens is 425 g/mol. The monoisotopic (exact) mass is 451 g/mol. The first kappa shape index (κ1) is 20.9. The molecule has 2 aromatic heterocycles. The number of piperazine rings is 1. The van der Waals surface area contributed by atoms with Gasteiger partial charge in [-0.3, -0.25) is 4.90 Å². The Balaban J connectivity index is 1.48. The molecule has 0 bridgehead atoms. The Labute approximate surface area is 190 Å². The lowest BCUT2D eigenvalue weighted by Crippen LogP contribution is -2.48. The quantitative estimate of drug-likeness (QED) is 0.487. The highest BCUT2D eigenvalue weighted by Gasteiger charge is 2.32. The Morgan fingerprint density at radius 1 is 1.06 bits per heavy atom. The van der Waals surface area contributed by atoms with Gasteiger partial charge in [-0.25, -0.2) is 9.37 Å². The van der Waals surface area contributed by atoms with Crippen LogP contribution in [-0.4, -0.2) is 50.8 Å². The second-order valence-corrected chi connectivity index (χ2v) is 9.16. The van der Waals surface area contributed by atoms with E-state index in [0.29, 0.717) is 23.7 Å². The van der Waals surface area contributed by atoms with E-state index >= 15 is 0 Å². The number of aromatic hydroxyl groups is 1. The molecule has 2 aromatic carbocycles. The number of benzene rings is 2. The normalized spacial score (nSPS) is 16.0. The van der Waals surface area contributed by atoms with Gasteiger partial charge in [0.15, 0.2) is 5.82 Å². The Kier molecular flexibility index (Phi) is 5.57. The van der Waals surface area contributed by atoms with Gasteiger partial charge in [-0.2, -0.15) is 4.52 Å².